The van der Waals surface area contributed by atoms with Gasteiger partial charge in [0.05, 0.1) is 0 Å². The van der Waals surface area contributed by atoms with Gasteiger partial charge in [0.1, 0.15) is 6.10 Å². The standard InChI is InChI=1S/C15H23NO2/c1-5-18-13(4)15(17)16-12(3)10-14-9-7-6-8-11(14)2/h6-9,12-13H,5,10H2,1-4H3,(H,16,17)/t12-,13+/m1/s1. The van der Waals surface area contributed by atoms with E-state index in [2.05, 4.69) is 24.4 Å². The first-order valence-electron chi connectivity index (χ1n) is 6.51. The average Bonchev–Trinajstić information content (AvgIpc) is 2.32. The normalized spacial score (nSPS) is 14.0. The van der Waals surface area contributed by atoms with Crippen LogP contribution in [0.15, 0.2) is 24.3 Å². The van der Waals surface area contributed by atoms with Gasteiger partial charge in [-0.15, -0.1) is 0 Å². The van der Waals surface area contributed by atoms with E-state index in [9.17, 15) is 4.79 Å². The molecule has 0 radical (unpaired) electrons. The Bertz CT molecular complexity index is 390. The van der Waals surface area contributed by atoms with Gasteiger partial charge in [0, 0.05) is 12.6 Å². The van der Waals surface area contributed by atoms with E-state index < -0.39 is 0 Å². The number of rotatable bonds is 6. The number of nitrogens with one attached hydrogen (secondary N) is 1. The summed E-state index contributed by atoms with van der Waals surface area (Å²) in [5.74, 6) is -0.0436. The third kappa shape index (κ3) is 4.49. The summed E-state index contributed by atoms with van der Waals surface area (Å²) in [6, 6.07) is 8.36. The number of aryl methyl sites for hydroxylation is 1. The van der Waals surface area contributed by atoms with Crippen LogP contribution in [-0.2, 0) is 16.0 Å². The Kier molecular flexibility index (Phi) is 5.86. The zero-order valence-corrected chi connectivity index (χ0v) is 11.7. The van der Waals surface area contributed by atoms with Crippen LogP contribution in [0.2, 0.25) is 0 Å². The monoisotopic (exact) mass is 249 g/mol. The molecule has 0 saturated heterocycles. The van der Waals surface area contributed by atoms with Gasteiger partial charge in [-0.1, -0.05) is 24.3 Å². The topological polar surface area (TPSA) is 38.3 Å². The molecule has 0 saturated carbocycles. The molecule has 0 aliphatic heterocycles. The van der Waals surface area contributed by atoms with E-state index in [0.29, 0.717) is 6.61 Å². The Morgan fingerprint density at radius 1 is 1.33 bits per heavy atom. The highest BCUT2D eigenvalue weighted by Crippen LogP contribution is 2.09. The molecule has 0 heterocycles. The minimum atomic E-state index is -0.380. The van der Waals surface area contributed by atoms with Crippen molar-refractivity contribution >= 4 is 5.91 Å². The van der Waals surface area contributed by atoms with Crippen molar-refractivity contribution in [3.05, 3.63) is 35.4 Å². The molecular weight excluding hydrogens is 226 g/mol. The fourth-order valence-corrected chi connectivity index (χ4v) is 1.91. The molecule has 1 N–H and O–H groups in total. The van der Waals surface area contributed by atoms with Crippen LogP contribution >= 0.6 is 0 Å². The highest BCUT2D eigenvalue weighted by atomic mass is 16.5. The van der Waals surface area contributed by atoms with Crippen molar-refractivity contribution in [1.29, 1.82) is 0 Å². The molecule has 1 aromatic rings. The quantitative estimate of drug-likeness (QED) is 0.841. The van der Waals surface area contributed by atoms with Crippen molar-refractivity contribution in [3.63, 3.8) is 0 Å². The number of carbonyl (C=O) groups excluding carboxylic acids is 1. The van der Waals surface area contributed by atoms with Crippen LogP contribution in [0, 0.1) is 6.92 Å². The molecule has 100 valence electrons. The van der Waals surface area contributed by atoms with E-state index in [-0.39, 0.29) is 18.1 Å². The summed E-state index contributed by atoms with van der Waals surface area (Å²) in [6.45, 7) is 8.33. The number of amides is 1. The molecule has 0 fully saturated rings. The van der Waals surface area contributed by atoms with Crippen molar-refractivity contribution in [2.45, 2.75) is 46.3 Å². The SMILES string of the molecule is CCO[C@@H](C)C(=O)N[C@H](C)Cc1ccccc1C. The average molecular weight is 249 g/mol. The summed E-state index contributed by atoms with van der Waals surface area (Å²) in [7, 11) is 0. The van der Waals surface area contributed by atoms with E-state index in [1.165, 1.54) is 11.1 Å². The fraction of sp³-hybridized carbons (Fsp3) is 0.533. The van der Waals surface area contributed by atoms with Crippen LogP contribution in [0.1, 0.15) is 31.9 Å². The van der Waals surface area contributed by atoms with Crippen LogP contribution in [-0.4, -0.2) is 24.7 Å². The van der Waals surface area contributed by atoms with Crippen molar-refractivity contribution < 1.29 is 9.53 Å². The van der Waals surface area contributed by atoms with Crippen molar-refractivity contribution in [2.24, 2.45) is 0 Å². The molecule has 0 aromatic heterocycles. The largest absolute Gasteiger partial charge is 0.369 e. The maximum absolute atomic E-state index is 11.8. The smallest absolute Gasteiger partial charge is 0.249 e. The second kappa shape index (κ2) is 7.17. The fourth-order valence-electron chi connectivity index (χ4n) is 1.91. The van der Waals surface area contributed by atoms with Crippen LogP contribution in [0.3, 0.4) is 0 Å². The van der Waals surface area contributed by atoms with Crippen LogP contribution < -0.4 is 5.32 Å². The first-order valence-corrected chi connectivity index (χ1v) is 6.51. The van der Waals surface area contributed by atoms with E-state index in [4.69, 9.17) is 4.74 Å². The highest BCUT2D eigenvalue weighted by Gasteiger charge is 2.15. The highest BCUT2D eigenvalue weighted by molar-refractivity contribution is 5.80. The summed E-state index contributed by atoms with van der Waals surface area (Å²) in [5.41, 5.74) is 2.53. The zero-order valence-electron chi connectivity index (χ0n) is 11.7. The molecule has 0 unspecified atom stereocenters. The number of benzene rings is 1. The molecule has 0 aliphatic rings. The zero-order chi connectivity index (χ0) is 13.5. The van der Waals surface area contributed by atoms with Crippen molar-refractivity contribution in [2.75, 3.05) is 6.61 Å². The maximum Gasteiger partial charge on any atom is 0.249 e. The number of carbonyl (C=O) groups is 1. The van der Waals surface area contributed by atoms with Crippen molar-refractivity contribution in [1.82, 2.24) is 5.32 Å². The Balaban J connectivity index is 2.49. The van der Waals surface area contributed by atoms with Gasteiger partial charge in [0.15, 0.2) is 0 Å². The molecule has 1 rings (SSSR count). The summed E-state index contributed by atoms with van der Waals surface area (Å²) >= 11 is 0. The Hall–Kier alpha value is -1.35. The molecular formula is C15H23NO2. The molecule has 2 atom stereocenters. The van der Waals surface area contributed by atoms with Gasteiger partial charge in [-0.3, -0.25) is 4.79 Å². The lowest BCUT2D eigenvalue weighted by molar-refractivity contribution is -0.132. The van der Waals surface area contributed by atoms with Crippen molar-refractivity contribution in [3.8, 4) is 0 Å². The first-order chi connectivity index (χ1) is 8.54. The van der Waals surface area contributed by atoms with Gasteiger partial charge < -0.3 is 10.1 Å². The minimum Gasteiger partial charge on any atom is -0.369 e. The molecule has 0 aliphatic carbocycles. The third-order valence-corrected chi connectivity index (χ3v) is 2.96. The van der Waals surface area contributed by atoms with Gasteiger partial charge in [-0.2, -0.15) is 0 Å². The summed E-state index contributed by atoms with van der Waals surface area (Å²) in [6.07, 6.45) is 0.464. The Morgan fingerprint density at radius 2 is 2.00 bits per heavy atom. The van der Waals surface area contributed by atoms with E-state index in [1.54, 1.807) is 6.92 Å². The van der Waals surface area contributed by atoms with Crippen LogP contribution in [0.5, 0.6) is 0 Å². The van der Waals surface area contributed by atoms with Gasteiger partial charge in [0.2, 0.25) is 5.91 Å². The maximum atomic E-state index is 11.8. The first kappa shape index (κ1) is 14.7. The van der Waals surface area contributed by atoms with Gasteiger partial charge in [-0.05, 0) is 45.2 Å². The predicted molar refractivity (Wildman–Crippen MR) is 73.6 cm³/mol. The molecule has 0 bridgehead atoms. The van der Waals surface area contributed by atoms with Gasteiger partial charge >= 0.3 is 0 Å². The lowest BCUT2D eigenvalue weighted by atomic mass is 10.0. The van der Waals surface area contributed by atoms with Crippen LogP contribution in [0.4, 0.5) is 0 Å². The molecule has 1 amide bonds. The third-order valence-electron chi connectivity index (χ3n) is 2.96. The van der Waals surface area contributed by atoms with E-state index >= 15 is 0 Å². The molecule has 0 spiro atoms. The number of hydrogen-bond acceptors (Lipinski definition) is 2. The Morgan fingerprint density at radius 3 is 2.61 bits per heavy atom. The number of hydrogen-bond donors (Lipinski definition) is 1. The number of ether oxygens (including phenoxy) is 1. The Labute approximate surface area is 110 Å². The van der Waals surface area contributed by atoms with E-state index in [0.717, 1.165) is 6.42 Å². The van der Waals surface area contributed by atoms with Crippen LogP contribution in [0.25, 0.3) is 0 Å². The lowest BCUT2D eigenvalue weighted by Gasteiger charge is -2.18. The molecule has 18 heavy (non-hydrogen) atoms. The van der Waals surface area contributed by atoms with Gasteiger partial charge in [0.25, 0.3) is 0 Å². The molecule has 3 nitrogen and oxygen atoms in total. The summed E-state index contributed by atoms with van der Waals surface area (Å²) in [4.78, 5) is 11.8. The summed E-state index contributed by atoms with van der Waals surface area (Å²) < 4.78 is 5.27. The molecule has 1 aromatic carbocycles. The van der Waals surface area contributed by atoms with E-state index in [1.807, 2.05) is 26.0 Å². The second-order valence-electron chi connectivity index (χ2n) is 4.64. The van der Waals surface area contributed by atoms with Gasteiger partial charge in [-0.25, -0.2) is 0 Å². The summed E-state index contributed by atoms with van der Waals surface area (Å²) in [5, 5.41) is 2.98. The predicted octanol–water partition coefficient (Wildman–Crippen LogP) is 2.47. The second-order valence-corrected chi connectivity index (χ2v) is 4.64. The minimum absolute atomic E-state index is 0.0436. The lowest BCUT2D eigenvalue weighted by Crippen LogP contribution is -2.41. The molecule has 3 heteroatoms.